The van der Waals surface area contributed by atoms with E-state index in [1.807, 2.05) is 24.3 Å². The maximum atomic E-state index is 12.4. The maximum absolute atomic E-state index is 12.4. The van der Waals surface area contributed by atoms with Crippen LogP contribution in [0, 0.1) is 13.8 Å². The number of benzene rings is 2. The van der Waals surface area contributed by atoms with Gasteiger partial charge in [0.1, 0.15) is 5.82 Å². The number of carbonyl (C=O) groups excluding carboxylic acids is 1. The second kappa shape index (κ2) is 9.10. The van der Waals surface area contributed by atoms with Gasteiger partial charge in [0.2, 0.25) is 5.91 Å². The Balaban J connectivity index is 1.62. The highest BCUT2D eigenvalue weighted by molar-refractivity contribution is 5.91. The van der Waals surface area contributed by atoms with Crippen LogP contribution in [0.5, 0.6) is 11.5 Å². The number of hydrogen-bond donors (Lipinski definition) is 2. The van der Waals surface area contributed by atoms with Gasteiger partial charge in [-0.15, -0.1) is 0 Å². The standard InChI is InChI=1S/C23H25N3O3/c1-15-6-5-7-19(16(15)2)25-18-9-11-22(24-14-18)26-23(27)13-17-8-10-20(28-3)21(12-17)29-4/h5-12,14,25H,13H2,1-4H3,(H,24,26,27). The van der Waals surface area contributed by atoms with E-state index >= 15 is 0 Å². The first-order valence-electron chi connectivity index (χ1n) is 9.30. The fraction of sp³-hybridized carbons (Fsp3) is 0.217. The average molecular weight is 391 g/mol. The third-order valence-electron chi connectivity index (χ3n) is 4.73. The number of aryl methyl sites for hydroxylation is 1. The van der Waals surface area contributed by atoms with Crippen LogP contribution in [0.25, 0.3) is 0 Å². The molecule has 0 aliphatic carbocycles. The Morgan fingerprint density at radius 3 is 2.48 bits per heavy atom. The van der Waals surface area contributed by atoms with E-state index in [-0.39, 0.29) is 12.3 Å². The molecule has 0 saturated heterocycles. The van der Waals surface area contributed by atoms with Crippen LogP contribution in [-0.4, -0.2) is 25.1 Å². The van der Waals surface area contributed by atoms with Crippen LogP contribution in [0.3, 0.4) is 0 Å². The van der Waals surface area contributed by atoms with Crippen LogP contribution in [0.4, 0.5) is 17.2 Å². The van der Waals surface area contributed by atoms with Crippen molar-refractivity contribution in [1.29, 1.82) is 0 Å². The second-order valence-corrected chi connectivity index (χ2v) is 6.72. The summed E-state index contributed by atoms with van der Waals surface area (Å²) in [5.41, 5.74) is 5.14. The Labute approximate surface area is 170 Å². The van der Waals surface area contributed by atoms with Crippen LogP contribution >= 0.6 is 0 Å². The van der Waals surface area contributed by atoms with E-state index in [0.29, 0.717) is 17.3 Å². The van der Waals surface area contributed by atoms with Crippen molar-refractivity contribution in [3.63, 3.8) is 0 Å². The van der Waals surface area contributed by atoms with Crippen molar-refractivity contribution in [1.82, 2.24) is 4.98 Å². The van der Waals surface area contributed by atoms with Crippen molar-refractivity contribution in [2.75, 3.05) is 24.9 Å². The molecule has 1 aromatic heterocycles. The summed E-state index contributed by atoms with van der Waals surface area (Å²) in [5, 5.41) is 6.17. The molecule has 0 aliphatic heterocycles. The van der Waals surface area contributed by atoms with Gasteiger partial charge >= 0.3 is 0 Å². The number of amides is 1. The summed E-state index contributed by atoms with van der Waals surface area (Å²) < 4.78 is 10.5. The number of methoxy groups -OCH3 is 2. The number of pyridine rings is 1. The highest BCUT2D eigenvalue weighted by Crippen LogP contribution is 2.28. The van der Waals surface area contributed by atoms with Crippen molar-refractivity contribution in [2.24, 2.45) is 0 Å². The number of nitrogens with zero attached hydrogens (tertiary/aromatic N) is 1. The third kappa shape index (κ3) is 5.04. The van der Waals surface area contributed by atoms with Gasteiger partial charge in [-0.05, 0) is 60.9 Å². The molecule has 0 radical (unpaired) electrons. The fourth-order valence-electron chi connectivity index (χ4n) is 2.95. The molecule has 0 spiro atoms. The van der Waals surface area contributed by atoms with Crippen LogP contribution in [0.2, 0.25) is 0 Å². The molecule has 150 valence electrons. The molecule has 0 unspecified atom stereocenters. The van der Waals surface area contributed by atoms with E-state index < -0.39 is 0 Å². The minimum atomic E-state index is -0.153. The van der Waals surface area contributed by atoms with E-state index in [9.17, 15) is 4.79 Å². The Bertz CT molecular complexity index is 1000. The second-order valence-electron chi connectivity index (χ2n) is 6.72. The van der Waals surface area contributed by atoms with Gasteiger partial charge in [0, 0.05) is 5.69 Å². The molecule has 1 amide bonds. The van der Waals surface area contributed by atoms with Crippen LogP contribution in [0.15, 0.2) is 54.7 Å². The molecule has 2 aromatic carbocycles. The molecule has 0 aliphatic rings. The van der Waals surface area contributed by atoms with Gasteiger partial charge < -0.3 is 20.1 Å². The summed E-state index contributed by atoms with van der Waals surface area (Å²) in [4.78, 5) is 16.7. The van der Waals surface area contributed by atoms with Gasteiger partial charge in [0.25, 0.3) is 0 Å². The zero-order valence-electron chi connectivity index (χ0n) is 17.1. The van der Waals surface area contributed by atoms with Crippen molar-refractivity contribution in [2.45, 2.75) is 20.3 Å². The van der Waals surface area contributed by atoms with Gasteiger partial charge in [0.15, 0.2) is 11.5 Å². The Morgan fingerprint density at radius 1 is 1.00 bits per heavy atom. The number of carbonyl (C=O) groups is 1. The predicted octanol–water partition coefficient (Wildman–Crippen LogP) is 4.64. The predicted molar refractivity (Wildman–Crippen MR) is 115 cm³/mol. The summed E-state index contributed by atoms with van der Waals surface area (Å²) in [6.45, 7) is 4.16. The SMILES string of the molecule is COc1ccc(CC(=O)Nc2ccc(Nc3cccc(C)c3C)cn2)cc1OC. The number of rotatable bonds is 7. The van der Waals surface area contributed by atoms with Gasteiger partial charge in [-0.3, -0.25) is 4.79 Å². The molecule has 2 N–H and O–H groups in total. The Kier molecular flexibility index (Phi) is 6.34. The fourth-order valence-corrected chi connectivity index (χ4v) is 2.95. The highest BCUT2D eigenvalue weighted by atomic mass is 16.5. The molecule has 6 nitrogen and oxygen atoms in total. The van der Waals surface area contributed by atoms with Crippen molar-refractivity contribution in [3.8, 4) is 11.5 Å². The average Bonchev–Trinajstić information content (AvgIpc) is 2.72. The topological polar surface area (TPSA) is 72.5 Å². The molecule has 0 fully saturated rings. The Morgan fingerprint density at radius 2 is 1.79 bits per heavy atom. The van der Waals surface area contributed by atoms with Gasteiger partial charge in [-0.2, -0.15) is 0 Å². The molecule has 0 atom stereocenters. The van der Waals surface area contributed by atoms with E-state index in [2.05, 4.69) is 35.5 Å². The number of anilines is 3. The lowest BCUT2D eigenvalue weighted by Gasteiger charge is -2.12. The minimum absolute atomic E-state index is 0.153. The van der Waals surface area contributed by atoms with Gasteiger partial charge in [-0.1, -0.05) is 18.2 Å². The minimum Gasteiger partial charge on any atom is -0.493 e. The zero-order valence-corrected chi connectivity index (χ0v) is 17.1. The van der Waals surface area contributed by atoms with Crippen LogP contribution in [0.1, 0.15) is 16.7 Å². The van der Waals surface area contributed by atoms with E-state index in [0.717, 1.165) is 16.9 Å². The summed E-state index contributed by atoms with van der Waals surface area (Å²) >= 11 is 0. The lowest BCUT2D eigenvalue weighted by atomic mass is 10.1. The molecule has 0 saturated carbocycles. The highest BCUT2D eigenvalue weighted by Gasteiger charge is 2.09. The number of aromatic nitrogens is 1. The monoisotopic (exact) mass is 391 g/mol. The molecule has 3 rings (SSSR count). The molecule has 1 heterocycles. The van der Waals surface area contributed by atoms with Crippen LogP contribution in [-0.2, 0) is 11.2 Å². The first-order valence-corrected chi connectivity index (χ1v) is 9.30. The molecular formula is C23H25N3O3. The largest absolute Gasteiger partial charge is 0.493 e. The summed E-state index contributed by atoms with van der Waals surface area (Å²) in [7, 11) is 3.15. The maximum Gasteiger partial charge on any atom is 0.229 e. The third-order valence-corrected chi connectivity index (χ3v) is 4.73. The van der Waals surface area contributed by atoms with Crippen molar-refractivity contribution in [3.05, 3.63) is 71.4 Å². The lowest BCUT2D eigenvalue weighted by molar-refractivity contribution is -0.115. The van der Waals surface area contributed by atoms with E-state index in [1.54, 1.807) is 38.6 Å². The molecule has 3 aromatic rings. The number of nitrogens with one attached hydrogen (secondary N) is 2. The molecular weight excluding hydrogens is 366 g/mol. The first-order chi connectivity index (χ1) is 14.0. The smallest absolute Gasteiger partial charge is 0.229 e. The van der Waals surface area contributed by atoms with Crippen LogP contribution < -0.4 is 20.1 Å². The Hall–Kier alpha value is -3.54. The van der Waals surface area contributed by atoms with Crippen molar-refractivity contribution >= 4 is 23.1 Å². The van der Waals surface area contributed by atoms with Gasteiger partial charge in [-0.25, -0.2) is 4.98 Å². The normalized spacial score (nSPS) is 10.3. The van der Waals surface area contributed by atoms with E-state index in [1.165, 1.54) is 11.1 Å². The molecule has 6 heteroatoms. The number of hydrogen-bond acceptors (Lipinski definition) is 5. The van der Waals surface area contributed by atoms with Crippen molar-refractivity contribution < 1.29 is 14.3 Å². The van der Waals surface area contributed by atoms with E-state index in [4.69, 9.17) is 9.47 Å². The molecule has 29 heavy (non-hydrogen) atoms. The lowest BCUT2D eigenvalue weighted by Crippen LogP contribution is -2.15. The summed E-state index contributed by atoms with van der Waals surface area (Å²) in [5.74, 6) is 1.57. The zero-order chi connectivity index (χ0) is 20.8. The van der Waals surface area contributed by atoms with Gasteiger partial charge in [0.05, 0.1) is 32.5 Å². The molecule has 0 bridgehead atoms. The number of ether oxygens (including phenoxy) is 2. The first kappa shape index (κ1) is 20.2. The summed E-state index contributed by atoms with van der Waals surface area (Å²) in [6.07, 6.45) is 1.91. The summed E-state index contributed by atoms with van der Waals surface area (Å²) in [6, 6.07) is 15.2. The quantitative estimate of drug-likeness (QED) is 0.614.